The van der Waals surface area contributed by atoms with Crippen molar-refractivity contribution in [2.75, 3.05) is 30.4 Å². The number of ether oxygens (including phenoxy) is 2. The number of nitrogens with zero attached hydrogens (tertiary/aromatic N) is 1. The van der Waals surface area contributed by atoms with Gasteiger partial charge in [-0.2, -0.15) is 0 Å². The number of methoxy groups -OCH3 is 2. The third-order valence-electron chi connectivity index (χ3n) is 4.83. The van der Waals surface area contributed by atoms with Crippen molar-refractivity contribution in [3.8, 4) is 11.5 Å². The number of rotatable bonds is 5. The lowest BCUT2D eigenvalue weighted by Crippen LogP contribution is -2.47. The molecular formula is C19H22N2O5S. The highest BCUT2D eigenvalue weighted by Crippen LogP contribution is 2.38. The molecule has 1 aliphatic heterocycles. The number of hydrogen-bond acceptors (Lipinski definition) is 5. The Labute approximate surface area is 158 Å². The van der Waals surface area contributed by atoms with E-state index in [-0.39, 0.29) is 13.0 Å². The van der Waals surface area contributed by atoms with Gasteiger partial charge in [0, 0.05) is 12.6 Å². The lowest BCUT2D eigenvalue weighted by molar-refractivity contribution is -0.118. The topological polar surface area (TPSA) is 84.9 Å². The maximum atomic E-state index is 13.1. The third kappa shape index (κ3) is 3.21. The maximum absolute atomic E-state index is 13.1. The molecule has 2 aromatic rings. The highest BCUT2D eigenvalue weighted by atomic mass is 32.2. The van der Waals surface area contributed by atoms with Crippen LogP contribution >= 0.6 is 0 Å². The second-order valence-electron chi connectivity index (χ2n) is 6.41. The van der Waals surface area contributed by atoms with E-state index in [1.807, 2.05) is 6.07 Å². The molecule has 0 aliphatic carbocycles. The van der Waals surface area contributed by atoms with Crippen molar-refractivity contribution in [1.82, 2.24) is 0 Å². The van der Waals surface area contributed by atoms with Gasteiger partial charge in [0.15, 0.2) is 4.75 Å². The van der Waals surface area contributed by atoms with Gasteiger partial charge in [0.25, 0.3) is 0 Å². The first-order chi connectivity index (χ1) is 12.8. The maximum Gasteiger partial charge on any atom is 0.249 e. The van der Waals surface area contributed by atoms with Gasteiger partial charge in [0.2, 0.25) is 15.9 Å². The molecule has 1 atom stereocenters. The van der Waals surface area contributed by atoms with Crippen molar-refractivity contribution in [3.63, 3.8) is 0 Å². The fourth-order valence-corrected chi connectivity index (χ4v) is 4.91. The fourth-order valence-electron chi connectivity index (χ4n) is 3.06. The number of carbonyl (C=O) groups excluding carboxylic acids is 1. The summed E-state index contributed by atoms with van der Waals surface area (Å²) in [5.41, 5.74) is 0.939. The van der Waals surface area contributed by atoms with E-state index in [4.69, 9.17) is 9.47 Å². The smallest absolute Gasteiger partial charge is 0.249 e. The van der Waals surface area contributed by atoms with Crippen LogP contribution in [-0.4, -0.2) is 39.8 Å². The van der Waals surface area contributed by atoms with Gasteiger partial charge in [-0.25, -0.2) is 8.42 Å². The molecule has 1 saturated heterocycles. The van der Waals surface area contributed by atoms with Crippen LogP contribution in [0, 0.1) is 0 Å². The van der Waals surface area contributed by atoms with Crippen molar-refractivity contribution in [1.29, 1.82) is 0 Å². The first kappa shape index (κ1) is 19.0. The number of para-hydroxylation sites is 1. The molecule has 1 N–H and O–H groups in total. The van der Waals surface area contributed by atoms with Crippen LogP contribution in [0.3, 0.4) is 0 Å². The monoisotopic (exact) mass is 390 g/mol. The van der Waals surface area contributed by atoms with Crippen LogP contribution in [0.4, 0.5) is 11.4 Å². The molecule has 8 heteroatoms. The number of amides is 1. The van der Waals surface area contributed by atoms with Crippen LogP contribution in [0.15, 0.2) is 48.5 Å². The Kier molecular flexibility index (Phi) is 5.01. The lowest BCUT2D eigenvalue weighted by atomic mass is 10.1. The van der Waals surface area contributed by atoms with E-state index in [9.17, 15) is 13.2 Å². The minimum Gasteiger partial charge on any atom is -0.497 e. The molecule has 0 saturated carbocycles. The van der Waals surface area contributed by atoms with Gasteiger partial charge in [0.1, 0.15) is 11.5 Å². The summed E-state index contributed by atoms with van der Waals surface area (Å²) in [6.45, 7) is 1.70. The second-order valence-corrected chi connectivity index (χ2v) is 8.71. The van der Waals surface area contributed by atoms with Crippen LogP contribution in [-0.2, 0) is 14.8 Å². The first-order valence-corrected chi connectivity index (χ1v) is 9.88. The quantitative estimate of drug-likeness (QED) is 0.848. The normalized spacial score (nSPS) is 20.9. The first-order valence-electron chi connectivity index (χ1n) is 8.44. The predicted molar refractivity (Wildman–Crippen MR) is 104 cm³/mol. The van der Waals surface area contributed by atoms with Crippen LogP contribution in [0.1, 0.15) is 13.3 Å². The van der Waals surface area contributed by atoms with Gasteiger partial charge in [-0.3, -0.25) is 9.10 Å². The summed E-state index contributed by atoms with van der Waals surface area (Å²) in [6, 6.07) is 13.7. The third-order valence-corrected chi connectivity index (χ3v) is 7.33. The van der Waals surface area contributed by atoms with E-state index in [0.717, 1.165) is 0 Å². The van der Waals surface area contributed by atoms with E-state index in [0.29, 0.717) is 22.9 Å². The fraction of sp³-hybridized carbons (Fsp3) is 0.316. The van der Waals surface area contributed by atoms with Crippen molar-refractivity contribution in [2.45, 2.75) is 18.1 Å². The Balaban J connectivity index is 1.89. The summed E-state index contributed by atoms with van der Waals surface area (Å²) >= 11 is 0. The Bertz CT molecular complexity index is 946. The largest absolute Gasteiger partial charge is 0.497 e. The van der Waals surface area contributed by atoms with Gasteiger partial charge < -0.3 is 14.8 Å². The van der Waals surface area contributed by atoms with E-state index in [1.54, 1.807) is 42.5 Å². The van der Waals surface area contributed by atoms with E-state index in [1.165, 1.54) is 25.4 Å². The molecule has 0 spiro atoms. The van der Waals surface area contributed by atoms with Gasteiger partial charge in [-0.1, -0.05) is 18.2 Å². The molecule has 1 heterocycles. The van der Waals surface area contributed by atoms with Crippen LogP contribution in [0.25, 0.3) is 0 Å². The molecule has 144 valence electrons. The lowest BCUT2D eigenvalue weighted by Gasteiger charge is -2.25. The van der Waals surface area contributed by atoms with Gasteiger partial charge in [0.05, 0.1) is 25.6 Å². The highest BCUT2D eigenvalue weighted by molar-refractivity contribution is 7.95. The Morgan fingerprint density at radius 1 is 1.11 bits per heavy atom. The number of hydrogen-bond donors (Lipinski definition) is 1. The summed E-state index contributed by atoms with van der Waals surface area (Å²) in [6.07, 6.45) is 0.189. The molecule has 2 aromatic carbocycles. The molecule has 1 aliphatic rings. The van der Waals surface area contributed by atoms with E-state index < -0.39 is 20.7 Å². The average molecular weight is 390 g/mol. The van der Waals surface area contributed by atoms with E-state index >= 15 is 0 Å². The van der Waals surface area contributed by atoms with Crippen LogP contribution in [0.5, 0.6) is 11.5 Å². The minimum atomic E-state index is -3.88. The summed E-state index contributed by atoms with van der Waals surface area (Å²) in [4.78, 5) is 12.9. The molecule has 0 bridgehead atoms. The van der Waals surface area contributed by atoms with Crippen molar-refractivity contribution in [2.24, 2.45) is 0 Å². The molecule has 0 unspecified atom stereocenters. The standard InChI is InChI=1S/C19H22N2O5S/c1-19(11-12-21(27(19,23)24)14-7-5-4-6-8-14)18(22)20-16-10-9-15(25-2)13-17(16)26-3/h4-10,13H,11-12H2,1-3H3,(H,20,22)/t19-/m1/s1. The van der Waals surface area contributed by atoms with Gasteiger partial charge in [-0.15, -0.1) is 0 Å². The molecule has 3 rings (SSSR count). The Morgan fingerprint density at radius 3 is 2.44 bits per heavy atom. The summed E-state index contributed by atoms with van der Waals surface area (Å²) in [5.74, 6) is 0.366. The zero-order valence-electron chi connectivity index (χ0n) is 15.4. The summed E-state index contributed by atoms with van der Waals surface area (Å²) < 4.78 is 36.4. The zero-order chi connectivity index (χ0) is 19.7. The SMILES string of the molecule is COc1ccc(NC(=O)[C@@]2(C)CCN(c3ccccc3)S2(=O)=O)c(OC)c1. The molecule has 0 aromatic heterocycles. The van der Waals surface area contributed by atoms with Gasteiger partial charge in [-0.05, 0) is 37.6 Å². The van der Waals surface area contributed by atoms with Crippen molar-refractivity contribution >= 4 is 27.3 Å². The van der Waals surface area contributed by atoms with E-state index in [2.05, 4.69) is 5.32 Å². The van der Waals surface area contributed by atoms with Crippen molar-refractivity contribution in [3.05, 3.63) is 48.5 Å². The Morgan fingerprint density at radius 2 is 1.81 bits per heavy atom. The van der Waals surface area contributed by atoms with Crippen LogP contribution in [0.2, 0.25) is 0 Å². The molecule has 27 heavy (non-hydrogen) atoms. The highest BCUT2D eigenvalue weighted by Gasteiger charge is 2.54. The number of sulfonamides is 1. The van der Waals surface area contributed by atoms with Crippen LogP contribution < -0.4 is 19.1 Å². The minimum absolute atomic E-state index is 0.189. The number of carbonyl (C=O) groups is 1. The molecule has 1 fully saturated rings. The van der Waals surface area contributed by atoms with Gasteiger partial charge >= 0.3 is 0 Å². The summed E-state index contributed by atoms with van der Waals surface area (Å²) in [7, 11) is -0.883. The Hall–Kier alpha value is -2.74. The molecule has 7 nitrogen and oxygen atoms in total. The number of nitrogens with one attached hydrogen (secondary N) is 1. The second kappa shape index (κ2) is 7.11. The molecule has 0 radical (unpaired) electrons. The predicted octanol–water partition coefficient (Wildman–Crippen LogP) is 2.64. The van der Waals surface area contributed by atoms with Crippen molar-refractivity contribution < 1.29 is 22.7 Å². The summed E-state index contributed by atoms with van der Waals surface area (Å²) in [5, 5.41) is 2.70. The molecular weight excluding hydrogens is 368 g/mol. The number of benzene rings is 2. The molecule has 1 amide bonds. The average Bonchev–Trinajstić information content (AvgIpc) is 2.93. The number of anilines is 2. The zero-order valence-corrected chi connectivity index (χ0v) is 16.2.